The molecule has 2 heterocycles. The van der Waals surface area contributed by atoms with Gasteiger partial charge in [-0.25, -0.2) is 9.59 Å². The number of fused-ring (bicyclic) bond motifs is 2. The van der Waals surface area contributed by atoms with Crippen LogP contribution in [0.2, 0.25) is 19.6 Å². The van der Waals surface area contributed by atoms with Crippen LogP contribution in [0.3, 0.4) is 0 Å². The van der Waals surface area contributed by atoms with Gasteiger partial charge < -0.3 is 13.9 Å². The molecular weight excluding hydrogens is 481 g/mol. The molecule has 1 unspecified atom stereocenters. The van der Waals surface area contributed by atoms with Gasteiger partial charge in [0.05, 0.1) is 18.1 Å². The first kappa shape index (κ1) is 27.3. The lowest BCUT2D eigenvalue weighted by atomic mass is 9.97. The van der Waals surface area contributed by atoms with E-state index in [4.69, 9.17) is 13.9 Å². The Hall–Kier alpha value is -2.27. The van der Waals surface area contributed by atoms with Crippen LogP contribution in [-0.2, 0) is 20.5 Å². The normalized spacial score (nSPS) is 23.7. The van der Waals surface area contributed by atoms with Gasteiger partial charge >= 0.3 is 18.4 Å². The highest BCUT2D eigenvalue weighted by atomic mass is 28.4. The predicted octanol–water partition coefficient (Wildman–Crippen LogP) is 5.56. The maximum absolute atomic E-state index is 14.4. The summed E-state index contributed by atoms with van der Waals surface area (Å²) in [5, 5.41) is 0. The van der Waals surface area contributed by atoms with Crippen molar-refractivity contribution >= 4 is 20.5 Å². The van der Waals surface area contributed by atoms with Crippen molar-refractivity contribution in [3.63, 3.8) is 0 Å². The van der Waals surface area contributed by atoms with E-state index < -0.39 is 56.5 Å². The zero-order valence-corrected chi connectivity index (χ0v) is 22.1. The molecule has 7 nitrogen and oxygen atoms in total. The highest BCUT2D eigenvalue weighted by molar-refractivity contribution is 6.69. The second-order valence-corrected chi connectivity index (χ2v) is 15.5. The van der Waals surface area contributed by atoms with E-state index in [1.165, 1.54) is 4.90 Å². The van der Waals surface area contributed by atoms with Gasteiger partial charge in [-0.15, -0.1) is 0 Å². The van der Waals surface area contributed by atoms with E-state index >= 15 is 0 Å². The third-order valence-electron chi connectivity index (χ3n) is 5.87. The summed E-state index contributed by atoms with van der Waals surface area (Å²) >= 11 is 0. The van der Waals surface area contributed by atoms with Crippen molar-refractivity contribution in [2.75, 3.05) is 6.54 Å². The Balaban J connectivity index is 1.94. The van der Waals surface area contributed by atoms with Gasteiger partial charge in [0.2, 0.25) is 0 Å². The molecule has 1 aromatic rings. The summed E-state index contributed by atoms with van der Waals surface area (Å²) < 4.78 is 59.9. The number of hydrogen-bond acceptors (Lipinski definition) is 5. The van der Waals surface area contributed by atoms with Crippen molar-refractivity contribution in [2.24, 2.45) is 0 Å². The minimum atomic E-state index is -4.75. The van der Waals surface area contributed by atoms with Crippen molar-refractivity contribution in [1.82, 2.24) is 9.80 Å². The molecule has 3 rings (SSSR count). The quantitative estimate of drug-likeness (QED) is 0.480. The van der Waals surface area contributed by atoms with Crippen LogP contribution < -0.4 is 0 Å². The second-order valence-electron chi connectivity index (χ2n) is 11.1. The number of halogens is 3. The molecule has 0 N–H and O–H groups in total. The molecule has 0 radical (unpaired) electrons. The van der Waals surface area contributed by atoms with Gasteiger partial charge in [0.25, 0.3) is 0 Å². The van der Waals surface area contributed by atoms with Crippen LogP contribution in [0.25, 0.3) is 0 Å². The van der Waals surface area contributed by atoms with Gasteiger partial charge in [0, 0.05) is 6.54 Å². The van der Waals surface area contributed by atoms with Crippen LogP contribution in [0.5, 0.6) is 0 Å². The highest BCUT2D eigenvalue weighted by Crippen LogP contribution is 2.42. The topological polar surface area (TPSA) is 68.3 Å². The monoisotopic (exact) mass is 516 g/mol. The SMILES string of the molecule is CC(C)(C)OC(=O)N1[C@@H]2CC[C@H]1[C@@H](C(O[Si](C)(C)C)C(F)(F)F)N(C(=O)OCc1ccccc1)C2. The summed E-state index contributed by atoms with van der Waals surface area (Å²) in [6.45, 7) is 9.94. The van der Waals surface area contributed by atoms with E-state index in [9.17, 15) is 22.8 Å². The smallest absolute Gasteiger partial charge is 0.415 e. The van der Waals surface area contributed by atoms with Crippen LogP contribution >= 0.6 is 0 Å². The lowest BCUT2D eigenvalue weighted by Crippen LogP contribution is -2.69. The average molecular weight is 517 g/mol. The minimum absolute atomic E-state index is 0.0699. The molecule has 196 valence electrons. The van der Waals surface area contributed by atoms with Crippen molar-refractivity contribution < 1.29 is 36.7 Å². The lowest BCUT2D eigenvalue weighted by Gasteiger charge is -2.49. The van der Waals surface area contributed by atoms with E-state index in [-0.39, 0.29) is 13.2 Å². The molecule has 2 aliphatic rings. The largest absolute Gasteiger partial charge is 0.445 e. The molecule has 4 atom stereocenters. The number of piperazine rings is 1. The fraction of sp³-hybridized carbons (Fsp3) is 0.667. The Morgan fingerprint density at radius 2 is 1.69 bits per heavy atom. The third-order valence-corrected chi connectivity index (χ3v) is 6.83. The first-order valence-electron chi connectivity index (χ1n) is 11.8. The van der Waals surface area contributed by atoms with Crippen molar-refractivity contribution in [1.29, 1.82) is 0 Å². The first-order valence-corrected chi connectivity index (χ1v) is 15.2. The number of benzene rings is 1. The molecule has 2 amide bonds. The number of nitrogens with zero attached hydrogens (tertiary/aromatic N) is 2. The number of hydrogen-bond donors (Lipinski definition) is 0. The Morgan fingerprint density at radius 3 is 2.23 bits per heavy atom. The van der Waals surface area contributed by atoms with Gasteiger partial charge in [-0.3, -0.25) is 9.80 Å². The summed E-state index contributed by atoms with van der Waals surface area (Å²) in [5.41, 5.74) is -0.0887. The summed E-state index contributed by atoms with van der Waals surface area (Å²) in [6, 6.07) is 6.10. The minimum Gasteiger partial charge on any atom is -0.445 e. The first-order chi connectivity index (χ1) is 16.1. The molecule has 2 aliphatic heterocycles. The summed E-state index contributed by atoms with van der Waals surface area (Å²) in [6.07, 6.45) is -7.78. The second kappa shape index (κ2) is 10.0. The maximum Gasteiger partial charge on any atom is 0.415 e. The van der Waals surface area contributed by atoms with E-state index in [2.05, 4.69) is 0 Å². The van der Waals surface area contributed by atoms with Gasteiger partial charge in [-0.2, -0.15) is 13.2 Å². The molecule has 35 heavy (non-hydrogen) atoms. The average Bonchev–Trinajstić information content (AvgIpc) is 3.03. The van der Waals surface area contributed by atoms with Gasteiger partial charge in [0.1, 0.15) is 12.2 Å². The number of rotatable bonds is 5. The summed E-state index contributed by atoms with van der Waals surface area (Å²) in [5.74, 6) is 0. The predicted molar refractivity (Wildman–Crippen MR) is 126 cm³/mol. The molecule has 11 heteroatoms. The van der Waals surface area contributed by atoms with E-state index in [1.807, 2.05) is 6.07 Å². The third kappa shape index (κ3) is 6.90. The molecule has 0 saturated carbocycles. The number of carbonyl (C=O) groups is 2. The fourth-order valence-corrected chi connectivity index (χ4v) is 5.69. The van der Waals surface area contributed by atoms with Gasteiger partial charge in [0.15, 0.2) is 14.4 Å². The zero-order chi connectivity index (χ0) is 26.2. The van der Waals surface area contributed by atoms with E-state index in [1.54, 1.807) is 64.7 Å². The van der Waals surface area contributed by atoms with Crippen molar-refractivity contribution in [3.8, 4) is 0 Å². The molecular formula is C24H35F3N2O5Si. The number of alkyl halides is 3. The zero-order valence-electron chi connectivity index (χ0n) is 21.1. The van der Waals surface area contributed by atoms with E-state index in [0.29, 0.717) is 12.8 Å². The molecule has 0 aliphatic carbocycles. The number of ether oxygens (including phenoxy) is 2. The van der Waals surface area contributed by atoms with Crippen LogP contribution in [-0.4, -0.2) is 72.9 Å². The van der Waals surface area contributed by atoms with Gasteiger partial charge in [-0.05, 0) is 58.8 Å². The maximum atomic E-state index is 14.4. The standard InChI is InChI=1S/C24H35F3N2O5Si/c1-23(2,3)33-22(31)29-17-12-13-18(29)19(20(24(25,26)27)34-35(4,5)6)28(14-17)21(30)32-15-16-10-8-7-9-11-16/h7-11,17-20H,12-15H2,1-6H3/t17-,18+,19+,20?/m1/s1. The fourth-order valence-electron chi connectivity index (χ4n) is 4.66. The number of likely N-dealkylation sites (tertiary alicyclic amines) is 1. The Bertz CT molecular complexity index is 901. The van der Waals surface area contributed by atoms with Crippen LogP contribution in [0.4, 0.5) is 22.8 Å². The number of amides is 2. The molecule has 1 aromatic carbocycles. The molecule has 2 saturated heterocycles. The van der Waals surface area contributed by atoms with Crippen LogP contribution in [0, 0.1) is 0 Å². The Labute approximate surface area is 205 Å². The molecule has 0 spiro atoms. The number of carbonyl (C=O) groups excluding carboxylic acids is 2. The molecule has 2 bridgehead atoms. The van der Waals surface area contributed by atoms with Crippen molar-refractivity contribution in [2.45, 2.75) is 95.9 Å². The summed E-state index contributed by atoms with van der Waals surface area (Å²) in [7, 11) is -2.70. The van der Waals surface area contributed by atoms with Crippen molar-refractivity contribution in [3.05, 3.63) is 35.9 Å². The van der Waals surface area contributed by atoms with Crippen LogP contribution in [0.15, 0.2) is 30.3 Å². The lowest BCUT2D eigenvalue weighted by molar-refractivity contribution is -0.222. The van der Waals surface area contributed by atoms with Gasteiger partial charge in [-0.1, -0.05) is 30.3 Å². The Morgan fingerprint density at radius 1 is 1.06 bits per heavy atom. The Kier molecular flexibility index (Phi) is 7.81. The molecule has 0 aromatic heterocycles. The van der Waals surface area contributed by atoms with E-state index in [0.717, 1.165) is 10.5 Å². The van der Waals surface area contributed by atoms with Crippen LogP contribution in [0.1, 0.15) is 39.2 Å². The summed E-state index contributed by atoms with van der Waals surface area (Å²) in [4.78, 5) is 28.7. The highest BCUT2D eigenvalue weighted by Gasteiger charge is 2.60. The molecule has 2 fully saturated rings.